The van der Waals surface area contributed by atoms with Gasteiger partial charge in [-0.25, -0.2) is 0 Å². The van der Waals surface area contributed by atoms with Crippen LogP contribution in [0.5, 0.6) is 11.5 Å². The average molecular weight is 354 g/mol. The molecule has 0 spiro atoms. The number of amides is 1. The van der Waals surface area contributed by atoms with Crippen LogP contribution in [-0.4, -0.2) is 18.6 Å². The molecule has 0 saturated heterocycles. The molecule has 0 saturated carbocycles. The number of hydrogen-bond donors (Lipinski definition) is 1. The summed E-state index contributed by atoms with van der Waals surface area (Å²) in [5, 5.41) is 3.64. The fraction of sp³-hybridized carbons (Fsp3) is 0.235. The van der Waals surface area contributed by atoms with Crippen LogP contribution in [0.15, 0.2) is 42.5 Å². The minimum atomic E-state index is -0.718. The van der Waals surface area contributed by atoms with Crippen molar-refractivity contribution in [2.75, 3.05) is 11.9 Å². The quantitative estimate of drug-likeness (QED) is 0.811. The zero-order chi connectivity index (χ0) is 16.8. The number of nitrogens with one attached hydrogen (secondary N) is 1. The van der Waals surface area contributed by atoms with Crippen molar-refractivity contribution in [2.45, 2.75) is 20.0 Å². The van der Waals surface area contributed by atoms with E-state index in [1.807, 2.05) is 19.1 Å². The number of hydrogen-bond acceptors (Lipinski definition) is 3. The molecule has 4 nitrogen and oxygen atoms in total. The molecule has 0 radical (unpaired) electrons. The summed E-state index contributed by atoms with van der Waals surface area (Å²) in [5.41, 5.74) is 0.638. The van der Waals surface area contributed by atoms with E-state index in [2.05, 4.69) is 5.32 Å². The highest BCUT2D eigenvalue weighted by Gasteiger charge is 2.16. The normalized spacial score (nSPS) is 11.7. The van der Waals surface area contributed by atoms with Crippen molar-refractivity contribution in [3.05, 3.63) is 52.5 Å². The van der Waals surface area contributed by atoms with Crippen LogP contribution in [0, 0.1) is 0 Å². The molecule has 122 valence electrons. The summed E-state index contributed by atoms with van der Waals surface area (Å²) in [6.45, 7) is 4.11. The summed E-state index contributed by atoms with van der Waals surface area (Å²) in [7, 11) is 0. The highest BCUT2D eigenvalue weighted by atomic mass is 35.5. The van der Waals surface area contributed by atoms with Gasteiger partial charge in [0.25, 0.3) is 5.91 Å². The van der Waals surface area contributed by atoms with Crippen molar-refractivity contribution in [3.8, 4) is 11.5 Å². The summed E-state index contributed by atoms with van der Waals surface area (Å²) in [4.78, 5) is 12.2. The molecule has 2 aromatic carbocycles. The number of anilines is 1. The fourth-order valence-corrected chi connectivity index (χ4v) is 2.34. The summed E-state index contributed by atoms with van der Waals surface area (Å²) in [6.07, 6.45) is -0.718. The molecule has 6 heteroatoms. The Morgan fingerprint density at radius 2 is 2.00 bits per heavy atom. The van der Waals surface area contributed by atoms with Crippen molar-refractivity contribution in [1.82, 2.24) is 0 Å². The molecule has 1 N–H and O–H groups in total. The van der Waals surface area contributed by atoms with E-state index in [0.29, 0.717) is 33.8 Å². The first-order valence-corrected chi connectivity index (χ1v) is 7.90. The smallest absolute Gasteiger partial charge is 0.265 e. The summed E-state index contributed by atoms with van der Waals surface area (Å²) < 4.78 is 11.0. The van der Waals surface area contributed by atoms with Gasteiger partial charge < -0.3 is 14.8 Å². The van der Waals surface area contributed by atoms with Gasteiger partial charge in [0.15, 0.2) is 6.10 Å². The first-order chi connectivity index (χ1) is 11.0. The van der Waals surface area contributed by atoms with Gasteiger partial charge in [-0.05, 0) is 44.2 Å². The van der Waals surface area contributed by atoms with Gasteiger partial charge in [0.05, 0.1) is 11.6 Å². The lowest BCUT2D eigenvalue weighted by Gasteiger charge is -2.16. The number of carbonyl (C=O) groups is 1. The molecular weight excluding hydrogens is 337 g/mol. The standard InChI is InChI=1S/C17H17Cl2NO3/c1-3-22-14-6-4-5-13(10-14)20-17(21)11(2)23-16-8-7-12(18)9-15(16)19/h4-11H,3H2,1-2H3,(H,20,21). The van der Waals surface area contributed by atoms with Gasteiger partial charge in [0, 0.05) is 16.8 Å². The van der Waals surface area contributed by atoms with E-state index in [1.165, 1.54) is 0 Å². The monoisotopic (exact) mass is 353 g/mol. The molecule has 2 rings (SSSR count). The van der Waals surface area contributed by atoms with E-state index in [1.54, 1.807) is 37.3 Å². The first kappa shape index (κ1) is 17.4. The minimum Gasteiger partial charge on any atom is -0.494 e. The molecule has 0 aliphatic heterocycles. The maximum absolute atomic E-state index is 12.2. The predicted octanol–water partition coefficient (Wildman–Crippen LogP) is 4.80. The Morgan fingerprint density at radius 1 is 1.22 bits per heavy atom. The summed E-state index contributed by atoms with van der Waals surface area (Å²) in [6, 6.07) is 12.0. The second-order valence-electron chi connectivity index (χ2n) is 4.78. The molecule has 0 aliphatic carbocycles. The molecule has 2 aromatic rings. The van der Waals surface area contributed by atoms with E-state index in [4.69, 9.17) is 32.7 Å². The van der Waals surface area contributed by atoms with Crippen LogP contribution < -0.4 is 14.8 Å². The van der Waals surface area contributed by atoms with E-state index in [0.717, 1.165) is 0 Å². The fourth-order valence-electron chi connectivity index (χ4n) is 1.89. The van der Waals surface area contributed by atoms with Crippen LogP contribution in [0.25, 0.3) is 0 Å². The van der Waals surface area contributed by atoms with E-state index in [9.17, 15) is 4.79 Å². The number of benzene rings is 2. The third-order valence-electron chi connectivity index (χ3n) is 2.98. The Morgan fingerprint density at radius 3 is 2.70 bits per heavy atom. The Hall–Kier alpha value is -1.91. The second-order valence-corrected chi connectivity index (χ2v) is 5.63. The number of carbonyl (C=O) groups excluding carboxylic acids is 1. The molecule has 0 fully saturated rings. The third kappa shape index (κ3) is 5.05. The van der Waals surface area contributed by atoms with Gasteiger partial charge in [0.1, 0.15) is 11.5 Å². The second kappa shape index (κ2) is 8.09. The van der Waals surface area contributed by atoms with Crippen LogP contribution >= 0.6 is 23.2 Å². The first-order valence-electron chi connectivity index (χ1n) is 7.15. The van der Waals surface area contributed by atoms with Gasteiger partial charge in [0.2, 0.25) is 0 Å². The van der Waals surface area contributed by atoms with E-state index >= 15 is 0 Å². The molecule has 1 amide bonds. The van der Waals surface area contributed by atoms with Crippen LogP contribution in [0.3, 0.4) is 0 Å². The van der Waals surface area contributed by atoms with Gasteiger partial charge in [-0.15, -0.1) is 0 Å². The van der Waals surface area contributed by atoms with Gasteiger partial charge in [-0.3, -0.25) is 4.79 Å². The lowest BCUT2D eigenvalue weighted by Crippen LogP contribution is -2.30. The maximum atomic E-state index is 12.2. The number of halogens is 2. The minimum absolute atomic E-state index is 0.287. The topological polar surface area (TPSA) is 47.6 Å². The Bertz CT molecular complexity index is 691. The van der Waals surface area contributed by atoms with Crippen molar-refractivity contribution < 1.29 is 14.3 Å². The van der Waals surface area contributed by atoms with Gasteiger partial charge in [-0.2, -0.15) is 0 Å². The van der Waals surface area contributed by atoms with Crippen molar-refractivity contribution in [3.63, 3.8) is 0 Å². The van der Waals surface area contributed by atoms with Crippen molar-refractivity contribution in [1.29, 1.82) is 0 Å². The number of ether oxygens (including phenoxy) is 2. The predicted molar refractivity (Wildman–Crippen MR) is 92.8 cm³/mol. The highest BCUT2D eigenvalue weighted by Crippen LogP contribution is 2.28. The maximum Gasteiger partial charge on any atom is 0.265 e. The Balaban J connectivity index is 2.01. The van der Waals surface area contributed by atoms with Gasteiger partial charge >= 0.3 is 0 Å². The summed E-state index contributed by atoms with van der Waals surface area (Å²) >= 11 is 11.9. The zero-order valence-electron chi connectivity index (χ0n) is 12.8. The van der Waals surface area contributed by atoms with Crippen molar-refractivity contribution in [2.24, 2.45) is 0 Å². The Labute approximate surface area is 145 Å². The molecular formula is C17H17Cl2NO3. The third-order valence-corrected chi connectivity index (χ3v) is 3.51. The van der Waals surface area contributed by atoms with Crippen LogP contribution in [0.2, 0.25) is 10.0 Å². The molecule has 1 atom stereocenters. The Kier molecular flexibility index (Phi) is 6.13. The zero-order valence-corrected chi connectivity index (χ0v) is 14.3. The van der Waals surface area contributed by atoms with Crippen LogP contribution in [-0.2, 0) is 4.79 Å². The van der Waals surface area contributed by atoms with Crippen LogP contribution in [0.1, 0.15) is 13.8 Å². The average Bonchev–Trinajstić information content (AvgIpc) is 2.50. The van der Waals surface area contributed by atoms with Crippen molar-refractivity contribution >= 4 is 34.8 Å². The van der Waals surface area contributed by atoms with Crippen LogP contribution in [0.4, 0.5) is 5.69 Å². The highest BCUT2D eigenvalue weighted by molar-refractivity contribution is 6.35. The summed E-state index contributed by atoms with van der Waals surface area (Å²) in [5.74, 6) is 0.811. The molecule has 1 unspecified atom stereocenters. The van der Waals surface area contributed by atoms with E-state index in [-0.39, 0.29) is 5.91 Å². The SMILES string of the molecule is CCOc1cccc(NC(=O)C(C)Oc2ccc(Cl)cc2Cl)c1. The van der Waals surface area contributed by atoms with E-state index < -0.39 is 6.10 Å². The molecule has 0 heterocycles. The number of rotatable bonds is 6. The lowest BCUT2D eigenvalue weighted by molar-refractivity contribution is -0.122. The van der Waals surface area contributed by atoms with Gasteiger partial charge in [-0.1, -0.05) is 29.3 Å². The lowest BCUT2D eigenvalue weighted by atomic mass is 10.2. The molecule has 23 heavy (non-hydrogen) atoms. The molecule has 0 bridgehead atoms. The largest absolute Gasteiger partial charge is 0.494 e. The molecule has 0 aliphatic rings. The molecule has 0 aromatic heterocycles.